The number of rotatable bonds is 20. The molecule has 0 aromatic carbocycles. The first-order valence-corrected chi connectivity index (χ1v) is 20.5. The fourth-order valence-electron chi connectivity index (χ4n) is 5.11. The normalized spacial score (nSPS) is 6.99. The van der Waals surface area contributed by atoms with Gasteiger partial charge in [0.1, 0.15) is 0 Å². The fourth-order valence-corrected chi connectivity index (χ4v) is 5.11. The zero-order valence-corrected chi connectivity index (χ0v) is 58.4. The van der Waals surface area contributed by atoms with Crippen molar-refractivity contribution in [3.63, 3.8) is 0 Å². The first kappa shape index (κ1) is 135. The predicted octanol–water partition coefficient (Wildman–Crippen LogP) is -7.58. The molecule has 0 aliphatic heterocycles. The van der Waals surface area contributed by atoms with E-state index in [0.29, 0.717) is 52.4 Å². The molecule has 0 unspecified atom stereocenters. The second-order valence-corrected chi connectivity index (χ2v) is 12.8. The number of aryl methyl sites for hydroxylation is 8. The van der Waals surface area contributed by atoms with E-state index < -0.39 is 23.9 Å². The third-order valence-electron chi connectivity index (χ3n) is 7.49. The molecule has 0 aliphatic carbocycles. The number of hydrogen-bond acceptors (Lipinski definition) is 16. The van der Waals surface area contributed by atoms with Gasteiger partial charge < -0.3 is 77.3 Å². The number of aliphatic carboxylic acids is 4. The van der Waals surface area contributed by atoms with Crippen LogP contribution in [0.1, 0.15) is 45.6 Å². The molecular formula is C48H62N12O23Re4-4. The third-order valence-corrected chi connectivity index (χ3v) is 7.49. The van der Waals surface area contributed by atoms with Crippen LogP contribution in [0.3, 0.4) is 0 Å². The van der Waals surface area contributed by atoms with Gasteiger partial charge in [0.15, 0.2) is 0 Å². The molecule has 4 heterocycles. The minimum absolute atomic E-state index is 0. The molecule has 4 aromatic heterocycles. The largest absolute Gasteiger partial charge is 0 e. The first-order valence-electron chi connectivity index (χ1n) is 20.5. The summed E-state index contributed by atoms with van der Waals surface area (Å²) in [5.41, 5.74) is 8.22. The molecule has 0 saturated heterocycles. The summed E-state index contributed by atoms with van der Waals surface area (Å²) in [5, 5.41) is 68.3. The van der Waals surface area contributed by atoms with Crippen LogP contribution in [0, 0.1) is 135 Å². The van der Waals surface area contributed by atoms with Crippen LogP contribution < -0.4 is 41.7 Å². The molecule has 0 bridgehead atoms. The Balaban J connectivity index is -0.0000000363. The van der Waals surface area contributed by atoms with E-state index in [1.54, 1.807) is 0 Å². The van der Waals surface area contributed by atoms with Gasteiger partial charge in [-0.05, 0) is 79.7 Å². The quantitative estimate of drug-likeness (QED) is 0.0363. The fraction of sp³-hybridized carbons (Fsp3) is 0.417. The maximum absolute atomic E-state index is 10.1. The third kappa shape index (κ3) is 99.3. The maximum atomic E-state index is 10.1. The minimum atomic E-state index is -1.08. The zero-order chi connectivity index (χ0) is 66.2. The van der Waals surface area contributed by atoms with Crippen LogP contribution in [0.25, 0.3) is 0 Å². The van der Waals surface area contributed by atoms with Crippen LogP contribution in [0.4, 0.5) is 0 Å². The number of carbonyl (C=O) groups excluding carboxylic acids is 4. The van der Waals surface area contributed by atoms with Crippen LogP contribution in [-0.2, 0) is 183 Å². The standard InChI is InChI=1S/4C9H15N3O2.12CO.3H2O.4Re/c4*1-7-5-8(2)12(11-7)4-3-10-6-9(13)14;12*1-2;;;;;;;/h4*5,10H,3-4,6H2,1-2H3,(H,13,14);;;;;;;;;;;;;3*1H2;;;;/p-4. The summed E-state index contributed by atoms with van der Waals surface area (Å²) in [6.45, 7) is 74.2. The van der Waals surface area contributed by atoms with Gasteiger partial charge in [0.05, 0.1) is 72.8 Å². The zero-order valence-electron chi connectivity index (χ0n) is 47.5. The van der Waals surface area contributed by atoms with E-state index in [2.05, 4.69) is 121 Å². The smallest absolute Gasteiger partial charge is 0 e. The van der Waals surface area contributed by atoms with Crippen molar-refractivity contribution >= 4 is 23.9 Å². The molecule has 0 atom stereocenters. The van der Waals surface area contributed by atoms with Crippen molar-refractivity contribution in [2.24, 2.45) is 0 Å². The number of nitrogens with one attached hydrogen (secondary N) is 4. The molecule has 0 aliphatic rings. The second-order valence-electron chi connectivity index (χ2n) is 12.8. The van der Waals surface area contributed by atoms with Crippen LogP contribution in [0.15, 0.2) is 24.3 Å². The summed E-state index contributed by atoms with van der Waals surface area (Å²) in [6.07, 6.45) is 0. The summed E-state index contributed by atoms with van der Waals surface area (Å²) in [7, 11) is 0. The Kier molecular flexibility index (Phi) is 178. The summed E-state index contributed by atoms with van der Waals surface area (Å²) < 4.78 is 97.4. The van der Waals surface area contributed by atoms with E-state index in [1.165, 1.54) is 0 Å². The molecule has 4 radical (unpaired) electrons. The molecule has 10 N–H and O–H groups in total. The van der Waals surface area contributed by atoms with Crippen molar-refractivity contribution in [1.29, 1.82) is 0 Å². The number of hydrogen-bond donors (Lipinski definition) is 4. The van der Waals surface area contributed by atoms with Crippen LogP contribution in [0.5, 0.6) is 0 Å². The number of nitrogens with zero attached hydrogens (tertiary/aromatic N) is 8. The summed E-state index contributed by atoms with van der Waals surface area (Å²) in [6, 6.07) is 7.94. The Morgan fingerprint density at radius 1 is 0.322 bits per heavy atom. The molecule has 39 heteroatoms. The second kappa shape index (κ2) is 115. The van der Waals surface area contributed by atoms with Gasteiger partial charge in [-0.15, -0.1) is 0 Å². The number of carboxylic acids is 4. The monoisotopic (exact) mass is 1920 g/mol. The van der Waals surface area contributed by atoms with E-state index in [1.807, 2.05) is 98.4 Å². The molecule has 0 amide bonds. The van der Waals surface area contributed by atoms with E-state index in [9.17, 15) is 39.6 Å². The summed E-state index contributed by atoms with van der Waals surface area (Å²) in [4.78, 5) is 40.3. The molecule has 0 saturated carbocycles. The molecule has 4 aromatic rings. The molecular weight excluding hydrogens is 1860 g/mol. The van der Waals surface area contributed by atoms with Crippen LogP contribution in [-0.4, -0.2) is 132 Å². The van der Waals surface area contributed by atoms with Gasteiger partial charge in [-0.1, -0.05) is 0 Å². The Morgan fingerprint density at radius 2 is 0.437 bits per heavy atom. The van der Waals surface area contributed by atoms with E-state index >= 15 is 0 Å². The molecule has 0 spiro atoms. The van der Waals surface area contributed by atoms with Crippen molar-refractivity contribution in [2.75, 3.05) is 52.4 Å². The Hall–Kier alpha value is -6.03. The van der Waals surface area contributed by atoms with Crippen molar-refractivity contribution in [1.82, 2.24) is 60.4 Å². The summed E-state index contributed by atoms with van der Waals surface area (Å²) >= 11 is 0. The van der Waals surface area contributed by atoms with Gasteiger partial charge in [0.2, 0.25) is 0 Å². The molecule has 0 fully saturated rings. The molecule has 87 heavy (non-hydrogen) atoms. The SMILES string of the molecule is Cc1cc(C)n(CCNCC(=O)[O-])n1.Cc1cc(C)n(CCNCC(=O)[O-])n1.Cc1cc(C)n(CCNCC(=O)[O-])n1.Cc1cc(C)n(CCNCC(=O)[O-])n1.O.O.O.[C-]#[O+].[C-]#[O+].[C-]#[O+].[C-]#[O+].[C-]#[O+].[C-]#[O+].[C-]#[O+].[C-]#[O+].[C-]#[O+].[C-]#[O+].[C-]#[O+].[C-]#[O+].[Re].[Re].[Re].[Re]. The average Bonchev–Trinajstić information content (AvgIpc) is 4.21. The van der Waals surface area contributed by atoms with E-state index in [-0.39, 0.29) is 124 Å². The Labute approximate surface area is 557 Å². The average molecular weight is 1920 g/mol. The van der Waals surface area contributed by atoms with Crippen molar-refractivity contribution < 1.29 is 194 Å². The molecule has 484 valence electrons. The van der Waals surface area contributed by atoms with E-state index in [4.69, 9.17) is 55.8 Å². The Bertz CT molecular complexity index is 2040. The van der Waals surface area contributed by atoms with Gasteiger partial charge in [-0.25, -0.2) is 0 Å². The number of aromatic nitrogens is 8. The van der Waals surface area contributed by atoms with Crippen molar-refractivity contribution in [3.05, 3.63) is 150 Å². The van der Waals surface area contributed by atoms with Crippen molar-refractivity contribution in [2.45, 2.75) is 81.6 Å². The van der Waals surface area contributed by atoms with Crippen LogP contribution >= 0.6 is 0 Å². The van der Waals surface area contributed by atoms with Gasteiger partial charge in [0, 0.05) is 157 Å². The molecule has 35 nitrogen and oxygen atoms in total. The van der Waals surface area contributed by atoms with Gasteiger partial charge >= 0.3 is 136 Å². The Morgan fingerprint density at radius 3 is 0.517 bits per heavy atom. The summed E-state index contributed by atoms with van der Waals surface area (Å²) in [5.74, 6) is -4.34. The van der Waals surface area contributed by atoms with Gasteiger partial charge in [-0.3, -0.25) is 18.7 Å². The van der Waals surface area contributed by atoms with E-state index in [0.717, 1.165) is 45.6 Å². The molecule has 4 rings (SSSR count). The topological polar surface area (TPSA) is 613 Å². The van der Waals surface area contributed by atoms with Gasteiger partial charge in [-0.2, -0.15) is 20.4 Å². The maximum Gasteiger partial charge on any atom is 0 e. The van der Waals surface area contributed by atoms with Crippen molar-refractivity contribution in [3.8, 4) is 0 Å². The first-order chi connectivity index (χ1) is 38.4. The number of carboxylic acid groups (broad SMARTS) is 4. The predicted molar refractivity (Wildman–Crippen MR) is 256 cm³/mol. The van der Waals surface area contributed by atoms with Crippen LogP contribution in [0.2, 0.25) is 0 Å². The van der Waals surface area contributed by atoms with Gasteiger partial charge in [0.25, 0.3) is 0 Å². The number of carbonyl (C=O) groups is 4. The minimum Gasteiger partial charge on any atom is 0 e.